The van der Waals surface area contributed by atoms with Crippen LogP contribution in [0, 0.1) is 0 Å². The summed E-state index contributed by atoms with van der Waals surface area (Å²) in [7, 11) is 0. The molecule has 6 nitrogen and oxygen atoms in total. The van der Waals surface area contributed by atoms with Gasteiger partial charge in [-0.3, -0.25) is 14.6 Å². The SMILES string of the molecule is CC1N=C2c3ccccc3N=C(SCC(=O)NCCc3ccccc3)N2C1=O. The summed E-state index contributed by atoms with van der Waals surface area (Å²) >= 11 is 1.26. The Bertz CT molecular complexity index is 971. The van der Waals surface area contributed by atoms with Gasteiger partial charge < -0.3 is 5.32 Å². The third-order valence-electron chi connectivity index (χ3n) is 4.57. The van der Waals surface area contributed by atoms with E-state index in [1.165, 1.54) is 22.2 Å². The third-order valence-corrected chi connectivity index (χ3v) is 5.51. The second-order valence-corrected chi connectivity index (χ2v) is 7.53. The molecule has 28 heavy (non-hydrogen) atoms. The molecule has 0 aliphatic carbocycles. The lowest BCUT2D eigenvalue weighted by Crippen LogP contribution is -2.41. The highest BCUT2D eigenvalue weighted by Gasteiger charge is 2.39. The maximum atomic E-state index is 12.5. The van der Waals surface area contributed by atoms with Gasteiger partial charge in [-0.1, -0.05) is 54.2 Å². The van der Waals surface area contributed by atoms with Gasteiger partial charge in [0.15, 0.2) is 5.17 Å². The van der Waals surface area contributed by atoms with Crippen LogP contribution in [0.5, 0.6) is 0 Å². The topological polar surface area (TPSA) is 74.1 Å². The van der Waals surface area contributed by atoms with E-state index in [1.807, 2.05) is 54.6 Å². The second-order valence-electron chi connectivity index (χ2n) is 6.59. The summed E-state index contributed by atoms with van der Waals surface area (Å²) in [5.41, 5.74) is 2.80. The molecule has 0 saturated carbocycles. The number of hydrogen-bond acceptors (Lipinski definition) is 5. The molecule has 7 heteroatoms. The molecular formula is C21H20N4O2S. The lowest BCUT2D eigenvalue weighted by molar-refractivity contribution is -0.124. The van der Waals surface area contributed by atoms with Gasteiger partial charge in [-0.05, 0) is 31.0 Å². The number of nitrogens with zero attached hydrogens (tertiary/aromatic N) is 3. The van der Waals surface area contributed by atoms with Crippen LogP contribution in [0.1, 0.15) is 18.1 Å². The van der Waals surface area contributed by atoms with E-state index in [0.29, 0.717) is 17.5 Å². The van der Waals surface area contributed by atoms with E-state index < -0.39 is 6.04 Å². The molecule has 0 bridgehead atoms. The minimum Gasteiger partial charge on any atom is -0.355 e. The van der Waals surface area contributed by atoms with Crippen molar-refractivity contribution in [1.82, 2.24) is 10.2 Å². The molecule has 2 aliphatic rings. The number of nitrogens with one attached hydrogen (secondary N) is 1. The zero-order chi connectivity index (χ0) is 19.5. The number of fused-ring (bicyclic) bond motifs is 3. The Morgan fingerprint density at radius 3 is 2.71 bits per heavy atom. The van der Waals surface area contributed by atoms with Gasteiger partial charge in [-0.25, -0.2) is 9.89 Å². The van der Waals surface area contributed by atoms with Gasteiger partial charge in [0.05, 0.1) is 11.4 Å². The smallest absolute Gasteiger partial charge is 0.258 e. The van der Waals surface area contributed by atoms with Crippen LogP contribution in [0.4, 0.5) is 5.69 Å². The minimum absolute atomic E-state index is 0.0827. The maximum Gasteiger partial charge on any atom is 0.258 e. The zero-order valence-corrected chi connectivity index (χ0v) is 16.3. The van der Waals surface area contributed by atoms with E-state index in [4.69, 9.17) is 0 Å². The lowest BCUT2D eigenvalue weighted by atomic mass is 10.1. The quantitative estimate of drug-likeness (QED) is 0.850. The van der Waals surface area contributed by atoms with Gasteiger partial charge in [0.2, 0.25) is 5.91 Å². The first-order valence-corrected chi connectivity index (χ1v) is 10.2. The molecule has 0 aromatic heterocycles. The Kier molecular flexibility index (Phi) is 5.25. The Hall–Kier alpha value is -2.93. The van der Waals surface area contributed by atoms with Crippen LogP contribution in [-0.4, -0.2) is 46.1 Å². The molecule has 2 heterocycles. The van der Waals surface area contributed by atoms with Crippen LogP contribution >= 0.6 is 11.8 Å². The molecule has 2 aromatic rings. The van der Waals surface area contributed by atoms with Crippen LogP contribution in [0.2, 0.25) is 0 Å². The predicted octanol–water partition coefficient (Wildman–Crippen LogP) is 2.76. The average molecular weight is 392 g/mol. The molecule has 2 aromatic carbocycles. The third kappa shape index (κ3) is 3.71. The first-order valence-electron chi connectivity index (χ1n) is 9.17. The fraction of sp³-hybridized carbons (Fsp3) is 0.238. The summed E-state index contributed by atoms with van der Waals surface area (Å²) in [6, 6.07) is 17.2. The van der Waals surface area contributed by atoms with Gasteiger partial charge in [0, 0.05) is 12.1 Å². The number of carbonyl (C=O) groups excluding carboxylic acids is 2. The minimum atomic E-state index is -0.438. The number of rotatable bonds is 5. The molecule has 4 rings (SSSR count). The highest BCUT2D eigenvalue weighted by atomic mass is 32.2. The molecule has 0 fully saturated rings. The molecule has 2 amide bonds. The number of carbonyl (C=O) groups is 2. The Morgan fingerprint density at radius 1 is 1.14 bits per heavy atom. The largest absolute Gasteiger partial charge is 0.355 e. The molecular weight excluding hydrogens is 372 g/mol. The summed E-state index contributed by atoms with van der Waals surface area (Å²) in [4.78, 5) is 35.4. The van der Waals surface area contributed by atoms with Crippen molar-refractivity contribution in [2.24, 2.45) is 9.98 Å². The van der Waals surface area contributed by atoms with Crippen LogP contribution in [0.25, 0.3) is 0 Å². The van der Waals surface area contributed by atoms with E-state index >= 15 is 0 Å². The number of amidine groups is 2. The van der Waals surface area contributed by atoms with Crippen molar-refractivity contribution in [2.75, 3.05) is 12.3 Å². The number of hydrogen-bond donors (Lipinski definition) is 1. The van der Waals surface area contributed by atoms with E-state index in [9.17, 15) is 9.59 Å². The first kappa shape index (κ1) is 18.4. The molecule has 142 valence electrons. The second kappa shape index (κ2) is 7.98. The molecule has 2 aliphatic heterocycles. The highest BCUT2D eigenvalue weighted by molar-refractivity contribution is 8.14. The number of thioether (sulfide) groups is 1. The molecule has 1 unspecified atom stereocenters. The molecule has 0 saturated heterocycles. The van der Waals surface area contributed by atoms with Crippen molar-refractivity contribution < 1.29 is 9.59 Å². The van der Waals surface area contributed by atoms with E-state index in [0.717, 1.165) is 17.7 Å². The van der Waals surface area contributed by atoms with Gasteiger partial charge in [-0.2, -0.15) is 0 Å². The van der Waals surface area contributed by atoms with Crippen molar-refractivity contribution in [1.29, 1.82) is 0 Å². The van der Waals surface area contributed by atoms with Crippen molar-refractivity contribution in [3.8, 4) is 0 Å². The van der Waals surface area contributed by atoms with Crippen molar-refractivity contribution in [2.45, 2.75) is 19.4 Å². The summed E-state index contributed by atoms with van der Waals surface area (Å²) in [5, 5.41) is 3.43. The van der Waals surface area contributed by atoms with Gasteiger partial charge in [0.25, 0.3) is 5.91 Å². The van der Waals surface area contributed by atoms with Crippen molar-refractivity contribution >= 4 is 40.3 Å². The van der Waals surface area contributed by atoms with Crippen LogP contribution in [0.3, 0.4) is 0 Å². The van der Waals surface area contributed by atoms with Crippen molar-refractivity contribution in [3.05, 3.63) is 65.7 Å². The van der Waals surface area contributed by atoms with Crippen LogP contribution in [0.15, 0.2) is 64.6 Å². The summed E-state index contributed by atoms with van der Waals surface area (Å²) in [6.07, 6.45) is 0.782. The number of aliphatic imine (C=N–C) groups is 2. The first-order chi connectivity index (χ1) is 13.6. The molecule has 1 atom stereocenters. The van der Waals surface area contributed by atoms with E-state index in [2.05, 4.69) is 15.3 Å². The van der Waals surface area contributed by atoms with Gasteiger partial charge in [0.1, 0.15) is 11.9 Å². The standard InChI is InChI=1S/C21H20N4O2S/c1-14-20(27)25-19(23-14)16-9-5-6-10-17(16)24-21(25)28-13-18(26)22-12-11-15-7-3-2-4-8-15/h2-10,14H,11-13H2,1H3,(H,22,26). The predicted molar refractivity (Wildman–Crippen MR) is 112 cm³/mol. The maximum absolute atomic E-state index is 12.5. The molecule has 0 radical (unpaired) electrons. The van der Waals surface area contributed by atoms with Gasteiger partial charge in [-0.15, -0.1) is 0 Å². The fourth-order valence-electron chi connectivity index (χ4n) is 3.14. The number of benzene rings is 2. The molecule has 1 N–H and O–H groups in total. The van der Waals surface area contributed by atoms with E-state index in [-0.39, 0.29) is 17.6 Å². The normalized spacial score (nSPS) is 17.5. The fourth-order valence-corrected chi connectivity index (χ4v) is 3.98. The van der Waals surface area contributed by atoms with E-state index in [1.54, 1.807) is 6.92 Å². The van der Waals surface area contributed by atoms with Crippen LogP contribution in [-0.2, 0) is 16.0 Å². The Balaban J connectivity index is 1.40. The number of para-hydroxylation sites is 1. The molecule has 0 spiro atoms. The number of amides is 2. The Labute approximate surface area is 167 Å². The lowest BCUT2D eigenvalue weighted by Gasteiger charge is -2.25. The summed E-state index contributed by atoms with van der Waals surface area (Å²) in [6.45, 7) is 2.35. The Morgan fingerprint density at radius 2 is 1.89 bits per heavy atom. The summed E-state index contributed by atoms with van der Waals surface area (Å²) < 4.78 is 0. The average Bonchev–Trinajstić information content (AvgIpc) is 3.02. The monoisotopic (exact) mass is 392 g/mol. The summed E-state index contributed by atoms with van der Waals surface area (Å²) in [5.74, 6) is 0.623. The highest BCUT2D eigenvalue weighted by Crippen LogP contribution is 2.33. The zero-order valence-electron chi connectivity index (χ0n) is 15.5. The van der Waals surface area contributed by atoms with Gasteiger partial charge >= 0.3 is 0 Å². The van der Waals surface area contributed by atoms with Crippen molar-refractivity contribution in [3.63, 3.8) is 0 Å². The van der Waals surface area contributed by atoms with Crippen LogP contribution < -0.4 is 5.32 Å².